The summed E-state index contributed by atoms with van der Waals surface area (Å²) in [6.45, 7) is 1.91. The van der Waals surface area contributed by atoms with E-state index in [0.717, 1.165) is 11.1 Å². The normalized spacial score (nSPS) is 18.1. The molecule has 1 aliphatic rings. The highest BCUT2D eigenvalue weighted by Crippen LogP contribution is 2.40. The minimum Gasteiger partial charge on any atom is -0.368 e. The molecule has 2 N–H and O–H groups in total. The Bertz CT molecular complexity index is 1450. The lowest BCUT2D eigenvalue weighted by Gasteiger charge is -2.40. The number of halogens is 1. The van der Waals surface area contributed by atoms with Gasteiger partial charge in [-0.25, -0.2) is 0 Å². The Hall–Kier alpha value is -4.83. The lowest BCUT2D eigenvalue weighted by Crippen LogP contribution is -2.51. The van der Waals surface area contributed by atoms with Gasteiger partial charge >= 0.3 is 0 Å². The van der Waals surface area contributed by atoms with Gasteiger partial charge < -0.3 is 5.32 Å². The molecule has 0 saturated carbocycles. The second-order valence-electron chi connectivity index (χ2n) is 7.90. The molecule has 0 radical (unpaired) electrons. The van der Waals surface area contributed by atoms with Gasteiger partial charge in [-0.1, -0.05) is 72.3 Å². The fraction of sp³-hybridized carbons (Fsp3) is 0.0714. The van der Waals surface area contributed by atoms with Crippen molar-refractivity contribution in [2.75, 3.05) is 5.43 Å². The highest BCUT2D eigenvalue weighted by molar-refractivity contribution is 6.31. The van der Waals surface area contributed by atoms with Gasteiger partial charge in [0.2, 0.25) is 0 Å². The Labute approximate surface area is 208 Å². The van der Waals surface area contributed by atoms with Gasteiger partial charge in [0.05, 0.1) is 22.7 Å². The third-order valence-electron chi connectivity index (χ3n) is 5.73. The Balaban J connectivity index is 2.06. The van der Waals surface area contributed by atoms with Gasteiger partial charge in [-0.2, -0.15) is 20.9 Å². The molecule has 4 rings (SSSR count). The first-order chi connectivity index (χ1) is 17.0. The van der Waals surface area contributed by atoms with Gasteiger partial charge in [0, 0.05) is 10.6 Å². The van der Waals surface area contributed by atoms with Crippen molar-refractivity contribution >= 4 is 28.6 Å². The van der Waals surface area contributed by atoms with Crippen LogP contribution in [0.1, 0.15) is 18.1 Å². The predicted octanol–water partition coefficient (Wildman–Crippen LogP) is 5.91. The SMILES string of the molecule is CC1(c2ccccc2)NC(=C(C#N)C#N)C(C#N)=C(c2ccccc2)/C1=N\Nc1ccc(Cl)cc1. The quantitative estimate of drug-likeness (QED) is 0.361. The summed E-state index contributed by atoms with van der Waals surface area (Å²) >= 11 is 6.03. The molecule has 7 heteroatoms. The van der Waals surface area contributed by atoms with E-state index in [4.69, 9.17) is 16.7 Å². The zero-order valence-corrected chi connectivity index (χ0v) is 19.5. The number of hydrazone groups is 1. The zero-order chi connectivity index (χ0) is 24.8. The molecule has 0 saturated heterocycles. The summed E-state index contributed by atoms with van der Waals surface area (Å²) in [6, 6.07) is 32.1. The van der Waals surface area contributed by atoms with E-state index in [1.54, 1.807) is 24.3 Å². The standard InChI is InChI=1S/C28H19ClN6/c1-28(21-10-6-3-7-11-21)27(35-34-23-14-12-22(29)13-15-23)25(19-8-4-2-5-9-19)24(18-32)26(33-28)20(16-30)17-31/h2-15,33-34H,1H3/b35-27+. The largest absolute Gasteiger partial charge is 0.368 e. The van der Waals surface area contributed by atoms with Crippen LogP contribution >= 0.6 is 11.6 Å². The van der Waals surface area contributed by atoms with Gasteiger partial charge in [-0.15, -0.1) is 0 Å². The van der Waals surface area contributed by atoms with E-state index in [-0.39, 0.29) is 16.8 Å². The van der Waals surface area contributed by atoms with Crippen LogP contribution in [0.2, 0.25) is 5.02 Å². The summed E-state index contributed by atoms with van der Waals surface area (Å²) in [6.07, 6.45) is 0. The minimum absolute atomic E-state index is 0.166. The number of nitrogens with zero attached hydrogens (tertiary/aromatic N) is 4. The highest BCUT2D eigenvalue weighted by atomic mass is 35.5. The first-order valence-electron chi connectivity index (χ1n) is 10.7. The highest BCUT2D eigenvalue weighted by Gasteiger charge is 2.43. The lowest BCUT2D eigenvalue weighted by molar-refractivity contribution is 0.545. The number of rotatable bonds is 4. The Morgan fingerprint density at radius 3 is 2.06 bits per heavy atom. The van der Waals surface area contributed by atoms with Crippen molar-refractivity contribution in [2.45, 2.75) is 12.5 Å². The number of allylic oxidation sites excluding steroid dienone is 2. The van der Waals surface area contributed by atoms with Crippen molar-refractivity contribution in [3.05, 3.63) is 118 Å². The molecular weight excluding hydrogens is 456 g/mol. The second-order valence-corrected chi connectivity index (χ2v) is 8.33. The van der Waals surface area contributed by atoms with Crippen molar-refractivity contribution < 1.29 is 0 Å². The van der Waals surface area contributed by atoms with Crippen LogP contribution in [-0.4, -0.2) is 5.71 Å². The van der Waals surface area contributed by atoms with Gasteiger partial charge in [0.1, 0.15) is 23.7 Å². The number of nitrogens with one attached hydrogen (secondary N) is 2. The van der Waals surface area contributed by atoms with Gasteiger partial charge in [0.25, 0.3) is 0 Å². The molecular formula is C28H19ClN6. The molecule has 35 heavy (non-hydrogen) atoms. The lowest BCUT2D eigenvalue weighted by atomic mass is 9.75. The third kappa shape index (κ3) is 4.50. The Kier molecular flexibility index (Phi) is 6.65. The molecule has 1 unspecified atom stereocenters. The molecule has 0 aliphatic carbocycles. The van der Waals surface area contributed by atoms with Crippen LogP contribution < -0.4 is 10.7 Å². The van der Waals surface area contributed by atoms with Crippen LogP contribution in [0.4, 0.5) is 5.69 Å². The summed E-state index contributed by atoms with van der Waals surface area (Å²) in [4.78, 5) is 0. The molecule has 1 heterocycles. The third-order valence-corrected chi connectivity index (χ3v) is 5.98. The molecule has 3 aromatic rings. The molecule has 0 bridgehead atoms. The monoisotopic (exact) mass is 474 g/mol. The van der Waals surface area contributed by atoms with Crippen LogP contribution in [0.25, 0.3) is 5.57 Å². The summed E-state index contributed by atoms with van der Waals surface area (Å²) in [5.74, 6) is 0. The maximum atomic E-state index is 10.2. The van der Waals surface area contributed by atoms with Crippen molar-refractivity contribution in [3.8, 4) is 18.2 Å². The predicted molar refractivity (Wildman–Crippen MR) is 137 cm³/mol. The molecule has 0 amide bonds. The van der Waals surface area contributed by atoms with E-state index in [1.807, 2.05) is 79.7 Å². The number of benzene rings is 3. The van der Waals surface area contributed by atoms with Crippen LogP contribution in [0.15, 0.2) is 107 Å². The fourth-order valence-corrected chi connectivity index (χ4v) is 4.11. The number of hydrogen-bond acceptors (Lipinski definition) is 6. The molecule has 0 aromatic heterocycles. The molecule has 6 nitrogen and oxygen atoms in total. The van der Waals surface area contributed by atoms with Crippen molar-refractivity contribution in [1.29, 1.82) is 15.8 Å². The second kappa shape index (κ2) is 9.98. The average Bonchev–Trinajstić information content (AvgIpc) is 2.90. The average molecular weight is 475 g/mol. The molecule has 0 spiro atoms. The fourth-order valence-electron chi connectivity index (χ4n) is 3.98. The Morgan fingerprint density at radius 1 is 0.886 bits per heavy atom. The van der Waals surface area contributed by atoms with E-state index in [9.17, 15) is 15.8 Å². The van der Waals surface area contributed by atoms with E-state index in [0.29, 0.717) is 22.0 Å². The van der Waals surface area contributed by atoms with E-state index < -0.39 is 5.54 Å². The molecule has 1 aliphatic heterocycles. The summed E-state index contributed by atoms with van der Waals surface area (Å²) < 4.78 is 0. The van der Waals surface area contributed by atoms with Crippen LogP contribution in [-0.2, 0) is 5.54 Å². The van der Waals surface area contributed by atoms with E-state index in [1.165, 1.54) is 0 Å². The number of hydrogen-bond donors (Lipinski definition) is 2. The molecule has 1 atom stereocenters. The topological polar surface area (TPSA) is 108 Å². The first kappa shape index (κ1) is 23.3. The van der Waals surface area contributed by atoms with E-state index >= 15 is 0 Å². The van der Waals surface area contributed by atoms with Crippen molar-refractivity contribution in [1.82, 2.24) is 5.32 Å². The first-order valence-corrected chi connectivity index (χ1v) is 11.1. The number of nitriles is 3. The summed E-state index contributed by atoms with van der Waals surface area (Å²) in [5.41, 5.74) is 5.60. The van der Waals surface area contributed by atoms with Gasteiger partial charge in [-0.3, -0.25) is 5.43 Å². The Morgan fingerprint density at radius 2 is 1.49 bits per heavy atom. The number of anilines is 1. The smallest absolute Gasteiger partial charge is 0.154 e. The summed E-state index contributed by atoms with van der Waals surface area (Å²) in [5, 5.41) is 38.2. The van der Waals surface area contributed by atoms with Gasteiger partial charge in [-0.05, 0) is 42.3 Å². The minimum atomic E-state index is -0.986. The van der Waals surface area contributed by atoms with Crippen LogP contribution in [0.3, 0.4) is 0 Å². The van der Waals surface area contributed by atoms with Crippen LogP contribution in [0.5, 0.6) is 0 Å². The molecule has 0 fully saturated rings. The molecule has 3 aromatic carbocycles. The van der Waals surface area contributed by atoms with Crippen molar-refractivity contribution in [3.63, 3.8) is 0 Å². The van der Waals surface area contributed by atoms with Gasteiger partial charge in [0.15, 0.2) is 5.57 Å². The van der Waals surface area contributed by atoms with E-state index in [2.05, 4.69) is 16.8 Å². The maximum absolute atomic E-state index is 10.2. The van der Waals surface area contributed by atoms with Crippen LogP contribution in [0, 0.1) is 34.0 Å². The maximum Gasteiger partial charge on any atom is 0.154 e. The summed E-state index contributed by atoms with van der Waals surface area (Å²) in [7, 11) is 0. The zero-order valence-electron chi connectivity index (χ0n) is 18.7. The molecule has 168 valence electrons. The van der Waals surface area contributed by atoms with Crippen molar-refractivity contribution in [2.24, 2.45) is 5.10 Å².